The minimum absolute atomic E-state index is 0.0567. The Kier molecular flexibility index (Phi) is 7.13. The molecule has 1 heterocycles. The molecular weight excluding hydrogens is 409 g/mol. The molecule has 0 unspecified atom stereocenters. The van der Waals surface area contributed by atoms with Crippen molar-refractivity contribution in [2.75, 3.05) is 28.2 Å². The molecule has 31 heavy (non-hydrogen) atoms. The molecule has 0 aliphatic rings. The van der Waals surface area contributed by atoms with Crippen LogP contribution in [0.4, 0.5) is 0 Å². The summed E-state index contributed by atoms with van der Waals surface area (Å²) >= 11 is 0. The van der Waals surface area contributed by atoms with Gasteiger partial charge in [0.15, 0.2) is 0 Å². The Balaban J connectivity index is 0.000000194. The van der Waals surface area contributed by atoms with Gasteiger partial charge in [-0.1, -0.05) is 48.5 Å². The molecule has 0 radical (unpaired) electrons. The van der Waals surface area contributed by atoms with Crippen LogP contribution >= 0.6 is 7.56 Å². The first-order valence-electron chi connectivity index (χ1n) is 9.75. The van der Waals surface area contributed by atoms with Gasteiger partial charge in [-0.3, -0.25) is 0 Å². The first-order chi connectivity index (χ1) is 14.9. The number of hydrogen-bond donors (Lipinski definition) is 1. The third kappa shape index (κ3) is 4.49. The second-order valence-corrected chi connectivity index (χ2v) is 11.1. The number of carbonyl (C=O) groups excluding carboxylic acids is 1. The number of benzene rings is 3. The molecule has 0 saturated heterocycles. The number of aromatic nitrogens is 3. The van der Waals surface area contributed by atoms with Crippen LogP contribution in [0.5, 0.6) is 0 Å². The summed E-state index contributed by atoms with van der Waals surface area (Å²) in [6, 6.07) is 26.3. The molecule has 0 saturated carbocycles. The number of carboxylic acids is 1. The average molecular weight is 435 g/mol. The quantitative estimate of drug-likeness (QED) is 0.482. The lowest BCUT2D eigenvalue weighted by molar-refractivity contribution is -0.254. The number of rotatable bonds is 5. The van der Waals surface area contributed by atoms with Gasteiger partial charge in [0.1, 0.15) is 21.6 Å². The van der Waals surface area contributed by atoms with Crippen LogP contribution in [0.15, 0.2) is 78.9 Å². The molecule has 4 aromatic rings. The lowest BCUT2D eigenvalue weighted by Gasteiger charge is -2.36. The fourth-order valence-corrected chi connectivity index (χ4v) is 7.77. The molecule has 3 aromatic carbocycles. The van der Waals surface area contributed by atoms with E-state index in [1.807, 2.05) is 0 Å². The molecule has 4 rings (SSSR count). The van der Waals surface area contributed by atoms with Gasteiger partial charge in [-0.05, 0) is 30.3 Å². The van der Waals surface area contributed by atoms with Crippen molar-refractivity contribution in [2.45, 2.75) is 0 Å². The molecule has 1 aromatic heterocycles. The van der Waals surface area contributed by atoms with Gasteiger partial charge < -0.3 is 9.90 Å². The summed E-state index contributed by atoms with van der Waals surface area (Å²) < 4.78 is 4.75. The van der Waals surface area contributed by atoms with Gasteiger partial charge in [-0.2, -0.15) is 24.8 Å². The van der Waals surface area contributed by atoms with Crippen LogP contribution in [0, 0.1) is 0 Å². The lowest BCUT2D eigenvalue weighted by atomic mass is 10.2. The molecule has 7 nitrogen and oxygen atoms in total. The molecule has 0 fully saturated rings. The zero-order chi connectivity index (χ0) is 22.4. The molecule has 1 N–H and O–H groups in total. The predicted molar refractivity (Wildman–Crippen MR) is 125 cm³/mol. The van der Waals surface area contributed by atoms with E-state index in [9.17, 15) is 9.90 Å². The minimum atomic E-state index is -1.68. The van der Waals surface area contributed by atoms with Crippen LogP contribution in [-0.4, -0.2) is 58.9 Å². The third-order valence-electron chi connectivity index (χ3n) is 4.96. The first kappa shape index (κ1) is 22.6. The molecule has 0 aliphatic heterocycles. The predicted octanol–water partition coefficient (Wildman–Crippen LogP) is 1.93. The van der Waals surface area contributed by atoms with Gasteiger partial charge in [-0.25, -0.2) is 0 Å². The van der Waals surface area contributed by atoms with E-state index in [2.05, 4.69) is 114 Å². The van der Waals surface area contributed by atoms with E-state index in [0.717, 1.165) is 0 Å². The number of nitrogens with zero attached hydrogens (tertiary/aromatic N) is 4. The van der Waals surface area contributed by atoms with Crippen molar-refractivity contribution in [1.29, 1.82) is 0 Å². The Morgan fingerprint density at radius 3 is 1.74 bits per heavy atom. The number of aromatic amines is 1. The van der Waals surface area contributed by atoms with Gasteiger partial charge >= 0.3 is 0 Å². The van der Waals surface area contributed by atoms with Crippen LogP contribution in [0.25, 0.3) is 11.0 Å². The van der Waals surface area contributed by atoms with E-state index in [0.29, 0.717) is 11.0 Å². The second kappa shape index (κ2) is 9.79. The number of hydrogen-bond acceptors (Lipinski definition) is 6. The topological polar surface area (TPSA) is 88.2 Å². The minimum Gasteiger partial charge on any atom is -0.545 e. The Morgan fingerprint density at radius 1 is 0.774 bits per heavy atom. The Labute approximate surface area is 182 Å². The van der Waals surface area contributed by atoms with Crippen molar-refractivity contribution in [1.82, 2.24) is 24.8 Å². The average Bonchev–Trinajstić information content (AvgIpc) is 3.24. The van der Waals surface area contributed by atoms with Crippen molar-refractivity contribution in [3.63, 3.8) is 0 Å². The maximum atomic E-state index is 10.5. The fourth-order valence-electron chi connectivity index (χ4n) is 3.73. The molecule has 160 valence electrons. The van der Waals surface area contributed by atoms with Crippen molar-refractivity contribution in [3.8, 4) is 0 Å². The maximum absolute atomic E-state index is 10.5. The molecule has 0 aliphatic carbocycles. The van der Waals surface area contributed by atoms with E-state index >= 15 is 0 Å². The SMILES string of the molecule is CN(C)[P+](c1ccccc1)(c1ccccc1)N(C)C.O=C([O-])c1cccc2n[nH]nc12. The summed E-state index contributed by atoms with van der Waals surface area (Å²) in [5.74, 6) is -1.24. The number of aromatic carboxylic acids is 1. The van der Waals surface area contributed by atoms with E-state index in [1.165, 1.54) is 16.7 Å². The fraction of sp³-hybridized carbons (Fsp3) is 0.174. The molecular formula is C23H26N5O2P. The van der Waals surface area contributed by atoms with E-state index in [-0.39, 0.29) is 5.56 Å². The third-order valence-corrected chi connectivity index (χ3v) is 9.31. The normalized spacial score (nSPS) is 11.4. The number of carboxylic acid groups (broad SMARTS) is 1. The summed E-state index contributed by atoms with van der Waals surface area (Å²) in [5, 5.41) is 23.1. The number of fused-ring (bicyclic) bond motifs is 1. The van der Waals surface area contributed by atoms with Crippen LogP contribution in [0.1, 0.15) is 10.4 Å². The summed E-state index contributed by atoms with van der Waals surface area (Å²) in [6.45, 7) is 0. The lowest BCUT2D eigenvalue weighted by Crippen LogP contribution is -2.41. The van der Waals surface area contributed by atoms with Gasteiger partial charge in [0.05, 0.1) is 5.97 Å². The highest BCUT2D eigenvalue weighted by Gasteiger charge is 2.48. The molecule has 8 heteroatoms. The second-order valence-electron chi connectivity index (χ2n) is 7.25. The highest BCUT2D eigenvalue weighted by molar-refractivity contribution is 7.85. The van der Waals surface area contributed by atoms with Gasteiger partial charge in [0.25, 0.3) is 0 Å². The summed E-state index contributed by atoms with van der Waals surface area (Å²) in [4.78, 5) is 10.5. The van der Waals surface area contributed by atoms with Crippen molar-refractivity contribution >= 4 is 35.2 Å². The van der Waals surface area contributed by atoms with Gasteiger partial charge in [0.2, 0.25) is 7.56 Å². The van der Waals surface area contributed by atoms with E-state index in [4.69, 9.17) is 0 Å². The van der Waals surface area contributed by atoms with Crippen molar-refractivity contribution in [3.05, 3.63) is 84.4 Å². The largest absolute Gasteiger partial charge is 0.545 e. The van der Waals surface area contributed by atoms with Crippen LogP contribution < -0.4 is 15.7 Å². The Hall–Kier alpha value is -3.12. The van der Waals surface area contributed by atoms with Crippen LogP contribution in [0.2, 0.25) is 0 Å². The van der Waals surface area contributed by atoms with Crippen molar-refractivity contribution in [2.24, 2.45) is 0 Å². The first-order valence-corrected chi connectivity index (χ1v) is 11.4. The van der Waals surface area contributed by atoms with E-state index in [1.54, 1.807) is 12.1 Å². The van der Waals surface area contributed by atoms with Gasteiger partial charge in [0, 0.05) is 33.8 Å². The standard InChI is InChI=1S/C16H22N2P.C7H5N3O2/c1-17(2)19(18(3)4,15-11-7-5-8-12-15)16-13-9-6-10-14-16;11-7(12)4-2-1-3-5-6(4)9-10-8-5/h5-14H,1-4H3;1-3H,(H,11,12)(H,8,9,10)/q+1;/p-1. The molecule has 0 spiro atoms. The molecule has 0 bridgehead atoms. The number of H-pyrrole nitrogens is 1. The Bertz CT molecular complexity index is 1080. The number of nitrogens with one attached hydrogen (secondary N) is 1. The highest BCUT2D eigenvalue weighted by Crippen LogP contribution is 2.59. The summed E-state index contributed by atoms with van der Waals surface area (Å²) in [5.41, 5.74) is 0.912. The Morgan fingerprint density at radius 2 is 1.29 bits per heavy atom. The number of para-hydroxylation sites is 1. The van der Waals surface area contributed by atoms with Crippen LogP contribution in [0.3, 0.4) is 0 Å². The highest BCUT2D eigenvalue weighted by atomic mass is 31.2. The van der Waals surface area contributed by atoms with Gasteiger partial charge in [-0.15, -0.1) is 0 Å². The molecule has 0 amide bonds. The zero-order valence-corrected chi connectivity index (χ0v) is 19.0. The monoisotopic (exact) mass is 435 g/mol. The van der Waals surface area contributed by atoms with Crippen LogP contribution in [-0.2, 0) is 0 Å². The summed E-state index contributed by atoms with van der Waals surface area (Å²) in [7, 11) is 7.02. The maximum Gasteiger partial charge on any atom is 0.217 e. The number of carbonyl (C=O) groups is 1. The summed E-state index contributed by atoms with van der Waals surface area (Å²) in [6.07, 6.45) is 0. The zero-order valence-electron chi connectivity index (χ0n) is 18.1. The van der Waals surface area contributed by atoms with E-state index < -0.39 is 13.5 Å². The smallest absolute Gasteiger partial charge is 0.217 e. The molecule has 0 atom stereocenters. The van der Waals surface area contributed by atoms with Crippen molar-refractivity contribution < 1.29 is 9.90 Å².